The van der Waals surface area contributed by atoms with Gasteiger partial charge in [-0.2, -0.15) is 17.0 Å². The molecule has 1 aliphatic rings. The average Bonchev–Trinajstić information content (AvgIpc) is 2.04. The molecule has 0 saturated heterocycles. The third kappa shape index (κ3) is 2.38. The van der Waals surface area contributed by atoms with Crippen molar-refractivity contribution in [1.29, 1.82) is 5.26 Å². The summed E-state index contributed by atoms with van der Waals surface area (Å²) in [5.74, 6) is 2.06. The van der Waals surface area contributed by atoms with Crippen LogP contribution in [0.2, 0.25) is 0 Å². The fourth-order valence-electron chi connectivity index (χ4n) is 1.69. The summed E-state index contributed by atoms with van der Waals surface area (Å²) >= 11 is 1.83. The van der Waals surface area contributed by atoms with E-state index in [2.05, 4.69) is 13.0 Å². The number of rotatable bonds is 5. The van der Waals surface area contributed by atoms with Crippen LogP contribution in [0.5, 0.6) is 0 Å². The summed E-state index contributed by atoms with van der Waals surface area (Å²) < 4.78 is 0. The molecule has 13 heavy (non-hydrogen) atoms. The molecule has 0 aromatic rings. The van der Waals surface area contributed by atoms with Crippen molar-refractivity contribution in [2.24, 2.45) is 5.41 Å². The zero-order valence-electron chi connectivity index (χ0n) is 8.12. The third-order valence-electron chi connectivity index (χ3n) is 2.85. The summed E-state index contributed by atoms with van der Waals surface area (Å²) in [4.78, 5) is 0. The molecular weight excluding hydrogens is 182 g/mol. The third-order valence-corrected chi connectivity index (χ3v) is 3.78. The van der Waals surface area contributed by atoms with E-state index < -0.39 is 6.10 Å². The summed E-state index contributed by atoms with van der Waals surface area (Å²) in [6, 6.07) is 2.28. The van der Waals surface area contributed by atoms with Crippen LogP contribution in [-0.4, -0.2) is 22.7 Å². The lowest BCUT2D eigenvalue weighted by atomic mass is 9.65. The van der Waals surface area contributed by atoms with Gasteiger partial charge in [-0.15, -0.1) is 0 Å². The first-order valence-electron chi connectivity index (χ1n) is 4.92. The minimum atomic E-state index is -0.398. The van der Waals surface area contributed by atoms with Crippen molar-refractivity contribution < 1.29 is 5.11 Å². The summed E-state index contributed by atoms with van der Waals surface area (Å²) in [5, 5.41) is 18.8. The Hall–Kier alpha value is -0.200. The summed E-state index contributed by atoms with van der Waals surface area (Å²) in [6.45, 7) is 2.11. The molecule has 1 N–H and O–H groups in total. The second-order valence-electron chi connectivity index (χ2n) is 3.62. The van der Waals surface area contributed by atoms with Crippen molar-refractivity contribution >= 4 is 11.8 Å². The van der Waals surface area contributed by atoms with Gasteiger partial charge in [-0.3, -0.25) is 0 Å². The van der Waals surface area contributed by atoms with Crippen LogP contribution in [0.15, 0.2) is 0 Å². The van der Waals surface area contributed by atoms with Crippen LogP contribution in [0.3, 0.4) is 0 Å². The molecule has 0 heterocycles. The summed E-state index contributed by atoms with van der Waals surface area (Å²) in [6.07, 6.45) is 3.26. The first-order valence-corrected chi connectivity index (χ1v) is 6.07. The smallest absolute Gasteiger partial charge is 0.0832 e. The van der Waals surface area contributed by atoms with Crippen molar-refractivity contribution in [3.8, 4) is 6.07 Å². The predicted octanol–water partition coefficient (Wildman–Crippen LogP) is 2.18. The van der Waals surface area contributed by atoms with E-state index in [0.29, 0.717) is 0 Å². The molecule has 2 nitrogen and oxygen atoms in total. The molecule has 1 fully saturated rings. The van der Waals surface area contributed by atoms with E-state index in [9.17, 15) is 5.11 Å². The SMILES string of the molecule is CCSCCC(O)C1(C#N)CCC1. The lowest BCUT2D eigenvalue weighted by molar-refractivity contribution is 0.00818. The number of thioether (sulfide) groups is 1. The average molecular weight is 199 g/mol. The van der Waals surface area contributed by atoms with Crippen molar-refractivity contribution in [3.05, 3.63) is 0 Å². The van der Waals surface area contributed by atoms with Gasteiger partial charge in [0.2, 0.25) is 0 Å². The quantitative estimate of drug-likeness (QED) is 0.690. The van der Waals surface area contributed by atoms with Gasteiger partial charge in [-0.25, -0.2) is 0 Å². The maximum Gasteiger partial charge on any atom is 0.0832 e. The standard InChI is InChI=1S/C10H17NOS/c1-2-13-7-4-9(12)10(8-11)5-3-6-10/h9,12H,2-7H2,1H3. The highest BCUT2D eigenvalue weighted by Crippen LogP contribution is 2.44. The van der Waals surface area contributed by atoms with Gasteiger partial charge in [-0.1, -0.05) is 13.3 Å². The Kier molecular flexibility index (Phi) is 4.08. The molecule has 0 aliphatic heterocycles. The second kappa shape index (κ2) is 4.88. The molecule has 74 valence electrons. The predicted molar refractivity (Wildman–Crippen MR) is 55.5 cm³/mol. The lowest BCUT2D eigenvalue weighted by Crippen LogP contribution is -2.40. The highest BCUT2D eigenvalue weighted by Gasteiger charge is 2.43. The Balaban J connectivity index is 2.29. The molecule has 0 radical (unpaired) electrons. The Labute approximate surface area is 84.3 Å². The topological polar surface area (TPSA) is 44.0 Å². The summed E-state index contributed by atoms with van der Waals surface area (Å²) in [7, 11) is 0. The molecule has 1 rings (SSSR count). The van der Waals surface area contributed by atoms with E-state index in [0.717, 1.165) is 37.2 Å². The molecule has 1 unspecified atom stereocenters. The van der Waals surface area contributed by atoms with Gasteiger partial charge in [0.1, 0.15) is 0 Å². The largest absolute Gasteiger partial charge is 0.391 e. The van der Waals surface area contributed by atoms with Crippen molar-refractivity contribution in [2.45, 2.75) is 38.7 Å². The molecule has 0 spiro atoms. The Morgan fingerprint density at radius 1 is 1.62 bits per heavy atom. The number of aliphatic hydroxyl groups excluding tert-OH is 1. The number of hydrogen-bond donors (Lipinski definition) is 1. The Morgan fingerprint density at radius 2 is 2.31 bits per heavy atom. The molecular formula is C10H17NOS. The van der Waals surface area contributed by atoms with E-state index in [1.165, 1.54) is 0 Å². The molecule has 0 bridgehead atoms. The molecule has 0 aromatic heterocycles. The van der Waals surface area contributed by atoms with Gasteiger partial charge in [0, 0.05) is 0 Å². The van der Waals surface area contributed by atoms with E-state index in [4.69, 9.17) is 5.26 Å². The van der Waals surface area contributed by atoms with Gasteiger partial charge < -0.3 is 5.11 Å². The molecule has 1 atom stereocenters. The van der Waals surface area contributed by atoms with Crippen LogP contribution >= 0.6 is 11.8 Å². The highest BCUT2D eigenvalue weighted by atomic mass is 32.2. The highest BCUT2D eigenvalue weighted by molar-refractivity contribution is 7.99. The second-order valence-corrected chi connectivity index (χ2v) is 5.02. The molecule has 0 amide bonds. The minimum absolute atomic E-state index is 0.381. The first-order chi connectivity index (χ1) is 6.25. The molecule has 3 heteroatoms. The van der Waals surface area contributed by atoms with E-state index in [1.54, 1.807) is 0 Å². The minimum Gasteiger partial charge on any atom is -0.391 e. The van der Waals surface area contributed by atoms with Gasteiger partial charge in [0.25, 0.3) is 0 Å². The van der Waals surface area contributed by atoms with Gasteiger partial charge in [0.15, 0.2) is 0 Å². The number of aliphatic hydroxyl groups is 1. The van der Waals surface area contributed by atoms with Gasteiger partial charge in [-0.05, 0) is 30.8 Å². The Bertz CT molecular complexity index is 196. The van der Waals surface area contributed by atoms with E-state index >= 15 is 0 Å². The zero-order valence-corrected chi connectivity index (χ0v) is 8.94. The fraction of sp³-hybridized carbons (Fsp3) is 0.900. The number of nitrogens with zero attached hydrogens (tertiary/aromatic N) is 1. The summed E-state index contributed by atoms with van der Waals surface area (Å²) in [5.41, 5.74) is -0.381. The molecule has 0 aromatic carbocycles. The molecule has 1 aliphatic carbocycles. The van der Waals surface area contributed by atoms with Crippen LogP contribution in [-0.2, 0) is 0 Å². The first kappa shape index (κ1) is 10.9. The maximum atomic E-state index is 9.81. The van der Waals surface area contributed by atoms with Crippen LogP contribution in [0.1, 0.15) is 32.6 Å². The maximum absolute atomic E-state index is 9.81. The fourth-order valence-corrected chi connectivity index (χ4v) is 2.37. The normalized spacial score (nSPS) is 21.6. The van der Waals surface area contributed by atoms with Crippen LogP contribution in [0.25, 0.3) is 0 Å². The van der Waals surface area contributed by atoms with E-state index in [1.807, 2.05) is 11.8 Å². The van der Waals surface area contributed by atoms with Crippen molar-refractivity contribution in [1.82, 2.24) is 0 Å². The Morgan fingerprint density at radius 3 is 2.69 bits per heavy atom. The number of nitriles is 1. The zero-order chi connectivity index (χ0) is 9.73. The van der Waals surface area contributed by atoms with Gasteiger partial charge in [0.05, 0.1) is 17.6 Å². The van der Waals surface area contributed by atoms with Crippen LogP contribution in [0.4, 0.5) is 0 Å². The van der Waals surface area contributed by atoms with Crippen molar-refractivity contribution in [3.63, 3.8) is 0 Å². The van der Waals surface area contributed by atoms with Crippen LogP contribution in [0, 0.1) is 16.7 Å². The van der Waals surface area contributed by atoms with E-state index in [-0.39, 0.29) is 5.41 Å². The molecule has 1 saturated carbocycles. The van der Waals surface area contributed by atoms with Gasteiger partial charge >= 0.3 is 0 Å². The lowest BCUT2D eigenvalue weighted by Gasteiger charge is -2.39. The van der Waals surface area contributed by atoms with Crippen LogP contribution < -0.4 is 0 Å². The number of hydrogen-bond acceptors (Lipinski definition) is 3. The monoisotopic (exact) mass is 199 g/mol. The van der Waals surface area contributed by atoms with Crippen molar-refractivity contribution in [2.75, 3.05) is 11.5 Å².